The second-order valence-electron chi connectivity index (χ2n) is 4.14. The Morgan fingerprint density at radius 2 is 2.06 bits per heavy atom. The molecule has 0 unspecified atom stereocenters. The molecule has 0 saturated heterocycles. The SMILES string of the molecule is ClCc1nccn1Cc1ccc2ncccc2c1. The van der Waals surface area contributed by atoms with E-state index in [0.29, 0.717) is 5.88 Å². The molecule has 0 atom stereocenters. The van der Waals surface area contributed by atoms with E-state index in [0.717, 1.165) is 23.3 Å². The summed E-state index contributed by atoms with van der Waals surface area (Å²) in [6.45, 7) is 0.785. The summed E-state index contributed by atoms with van der Waals surface area (Å²) >= 11 is 5.84. The monoisotopic (exact) mass is 257 g/mol. The number of benzene rings is 1. The van der Waals surface area contributed by atoms with Gasteiger partial charge in [0.15, 0.2) is 0 Å². The maximum atomic E-state index is 5.84. The molecule has 0 aliphatic rings. The molecule has 18 heavy (non-hydrogen) atoms. The fourth-order valence-corrected chi connectivity index (χ4v) is 2.26. The maximum Gasteiger partial charge on any atom is 0.123 e. The van der Waals surface area contributed by atoms with Crippen LogP contribution in [0.15, 0.2) is 48.9 Å². The molecule has 90 valence electrons. The summed E-state index contributed by atoms with van der Waals surface area (Å²) in [5.74, 6) is 1.32. The van der Waals surface area contributed by atoms with Crippen LogP contribution in [0.2, 0.25) is 0 Å². The molecule has 3 nitrogen and oxygen atoms in total. The molecule has 4 heteroatoms. The van der Waals surface area contributed by atoms with Crippen molar-refractivity contribution in [2.24, 2.45) is 0 Å². The molecule has 0 amide bonds. The van der Waals surface area contributed by atoms with Crippen molar-refractivity contribution in [1.82, 2.24) is 14.5 Å². The maximum absolute atomic E-state index is 5.84. The highest BCUT2D eigenvalue weighted by atomic mass is 35.5. The quantitative estimate of drug-likeness (QED) is 0.675. The van der Waals surface area contributed by atoms with Gasteiger partial charge in [0.2, 0.25) is 0 Å². The van der Waals surface area contributed by atoms with E-state index in [9.17, 15) is 0 Å². The molecule has 0 bridgehead atoms. The highest BCUT2D eigenvalue weighted by Gasteiger charge is 2.03. The van der Waals surface area contributed by atoms with Crippen LogP contribution in [0.1, 0.15) is 11.4 Å². The van der Waals surface area contributed by atoms with Gasteiger partial charge in [-0.15, -0.1) is 11.6 Å². The van der Waals surface area contributed by atoms with Crippen molar-refractivity contribution in [2.45, 2.75) is 12.4 Å². The molecule has 2 heterocycles. The molecular formula is C14H12ClN3. The molecule has 0 fully saturated rings. The van der Waals surface area contributed by atoms with E-state index in [1.165, 1.54) is 5.56 Å². The van der Waals surface area contributed by atoms with Crippen molar-refractivity contribution in [3.8, 4) is 0 Å². The van der Waals surface area contributed by atoms with Crippen molar-refractivity contribution >= 4 is 22.5 Å². The van der Waals surface area contributed by atoms with E-state index in [1.807, 2.05) is 24.5 Å². The lowest BCUT2D eigenvalue weighted by Crippen LogP contribution is -2.02. The average molecular weight is 258 g/mol. The number of fused-ring (bicyclic) bond motifs is 1. The van der Waals surface area contributed by atoms with E-state index in [-0.39, 0.29) is 0 Å². The molecule has 0 aliphatic heterocycles. The lowest BCUT2D eigenvalue weighted by Gasteiger charge is -2.07. The Labute approximate surface area is 110 Å². The zero-order chi connectivity index (χ0) is 12.4. The Bertz CT molecular complexity index is 675. The molecule has 0 radical (unpaired) electrons. The van der Waals surface area contributed by atoms with Crippen LogP contribution in [-0.4, -0.2) is 14.5 Å². The van der Waals surface area contributed by atoms with Gasteiger partial charge in [0.25, 0.3) is 0 Å². The number of imidazole rings is 1. The summed E-state index contributed by atoms with van der Waals surface area (Å²) in [5.41, 5.74) is 2.24. The van der Waals surface area contributed by atoms with Crippen LogP contribution in [0, 0.1) is 0 Å². The molecule has 1 aromatic carbocycles. The van der Waals surface area contributed by atoms with Gasteiger partial charge in [0.05, 0.1) is 11.4 Å². The normalized spacial score (nSPS) is 10.9. The van der Waals surface area contributed by atoms with Crippen molar-refractivity contribution in [1.29, 1.82) is 0 Å². The minimum absolute atomic E-state index is 0.433. The summed E-state index contributed by atoms with van der Waals surface area (Å²) in [5, 5.41) is 1.16. The number of halogens is 1. The molecule has 0 aliphatic carbocycles. The largest absolute Gasteiger partial charge is 0.330 e. The van der Waals surface area contributed by atoms with E-state index < -0.39 is 0 Å². The van der Waals surface area contributed by atoms with Crippen LogP contribution in [0.3, 0.4) is 0 Å². The van der Waals surface area contributed by atoms with Gasteiger partial charge in [-0.25, -0.2) is 4.98 Å². The molecule has 0 spiro atoms. The predicted octanol–water partition coefficient (Wildman–Crippen LogP) is 3.22. The fraction of sp³-hybridized carbons (Fsp3) is 0.143. The zero-order valence-corrected chi connectivity index (χ0v) is 10.5. The van der Waals surface area contributed by atoms with E-state index in [1.54, 1.807) is 6.20 Å². The first-order valence-electron chi connectivity index (χ1n) is 5.76. The van der Waals surface area contributed by atoms with E-state index >= 15 is 0 Å². The van der Waals surface area contributed by atoms with Gasteiger partial charge in [-0.2, -0.15) is 0 Å². The Balaban J connectivity index is 1.95. The minimum Gasteiger partial charge on any atom is -0.330 e. The summed E-state index contributed by atoms with van der Waals surface area (Å²) in [6, 6.07) is 10.3. The van der Waals surface area contributed by atoms with Crippen LogP contribution in [0.25, 0.3) is 10.9 Å². The van der Waals surface area contributed by atoms with Gasteiger partial charge in [-0.3, -0.25) is 4.98 Å². The van der Waals surface area contributed by atoms with Gasteiger partial charge in [0, 0.05) is 30.5 Å². The number of pyridine rings is 1. The summed E-state index contributed by atoms with van der Waals surface area (Å²) in [4.78, 5) is 8.52. The Morgan fingerprint density at radius 3 is 2.94 bits per heavy atom. The highest BCUT2D eigenvalue weighted by Crippen LogP contribution is 2.15. The second-order valence-corrected chi connectivity index (χ2v) is 4.40. The van der Waals surface area contributed by atoms with Crippen molar-refractivity contribution in [3.05, 3.63) is 60.3 Å². The highest BCUT2D eigenvalue weighted by molar-refractivity contribution is 6.16. The van der Waals surface area contributed by atoms with Crippen molar-refractivity contribution in [3.63, 3.8) is 0 Å². The molecule has 0 N–H and O–H groups in total. The third-order valence-corrected chi connectivity index (χ3v) is 3.18. The zero-order valence-electron chi connectivity index (χ0n) is 9.75. The first kappa shape index (κ1) is 11.2. The summed E-state index contributed by atoms with van der Waals surface area (Å²) < 4.78 is 2.06. The van der Waals surface area contributed by atoms with Gasteiger partial charge in [-0.1, -0.05) is 12.1 Å². The Kier molecular flexibility index (Phi) is 2.99. The second kappa shape index (κ2) is 4.78. The smallest absolute Gasteiger partial charge is 0.123 e. The van der Waals surface area contributed by atoms with E-state index in [2.05, 4.69) is 32.7 Å². The van der Waals surface area contributed by atoms with Crippen LogP contribution in [0.5, 0.6) is 0 Å². The van der Waals surface area contributed by atoms with Gasteiger partial charge >= 0.3 is 0 Å². The lowest BCUT2D eigenvalue weighted by molar-refractivity contribution is 0.756. The number of alkyl halides is 1. The standard InChI is InChI=1S/C14H12ClN3/c15-9-14-17-6-7-18(14)10-11-3-4-13-12(8-11)2-1-5-16-13/h1-8H,9-10H2. The third-order valence-electron chi connectivity index (χ3n) is 2.94. The molecule has 3 rings (SSSR count). The predicted molar refractivity (Wildman–Crippen MR) is 72.6 cm³/mol. The molecule has 0 saturated carbocycles. The average Bonchev–Trinajstić information content (AvgIpc) is 2.86. The van der Waals surface area contributed by atoms with E-state index in [4.69, 9.17) is 11.6 Å². The summed E-state index contributed by atoms with van der Waals surface area (Å²) in [6.07, 6.45) is 5.54. The van der Waals surface area contributed by atoms with Crippen LogP contribution in [-0.2, 0) is 12.4 Å². The lowest BCUT2D eigenvalue weighted by atomic mass is 10.1. The van der Waals surface area contributed by atoms with Gasteiger partial charge in [0.1, 0.15) is 5.82 Å². The van der Waals surface area contributed by atoms with Gasteiger partial charge < -0.3 is 4.57 Å². The number of rotatable bonds is 3. The molecule has 3 aromatic rings. The Morgan fingerprint density at radius 1 is 1.11 bits per heavy atom. The first-order chi connectivity index (χ1) is 8.86. The topological polar surface area (TPSA) is 30.7 Å². The first-order valence-corrected chi connectivity index (χ1v) is 6.30. The number of nitrogens with zero attached hydrogens (tertiary/aromatic N) is 3. The summed E-state index contributed by atoms with van der Waals surface area (Å²) in [7, 11) is 0. The van der Waals surface area contributed by atoms with Crippen LogP contribution in [0.4, 0.5) is 0 Å². The fourth-order valence-electron chi connectivity index (χ4n) is 2.04. The van der Waals surface area contributed by atoms with Crippen molar-refractivity contribution in [2.75, 3.05) is 0 Å². The molecular weight excluding hydrogens is 246 g/mol. The number of hydrogen-bond donors (Lipinski definition) is 0. The number of aromatic nitrogens is 3. The number of hydrogen-bond acceptors (Lipinski definition) is 2. The molecule has 2 aromatic heterocycles. The minimum atomic E-state index is 0.433. The van der Waals surface area contributed by atoms with Gasteiger partial charge in [-0.05, 0) is 23.8 Å². The van der Waals surface area contributed by atoms with Crippen LogP contribution >= 0.6 is 11.6 Å². The van der Waals surface area contributed by atoms with Crippen molar-refractivity contribution < 1.29 is 0 Å². The third kappa shape index (κ3) is 2.09. The van der Waals surface area contributed by atoms with Crippen LogP contribution < -0.4 is 0 Å². The Hall–Kier alpha value is -1.87.